The molecule has 0 aliphatic carbocycles. The van der Waals surface area contributed by atoms with Gasteiger partial charge in [0.15, 0.2) is 0 Å². The molecule has 5 nitrogen and oxygen atoms in total. The Kier molecular flexibility index (Phi) is 3.35. The maximum atomic E-state index is 11.1. The molecule has 0 amide bonds. The van der Waals surface area contributed by atoms with E-state index in [1.165, 1.54) is 7.05 Å². The molecule has 1 aromatic carbocycles. The Morgan fingerprint density at radius 3 is 2.57 bits per heavy atom. The summed E-state index contributed by atoms with van der Waals surface area (Å²) in [5.41, 5.74) is 6.31. The third kappa shape index (κ3) is 2.86. The summed E-state index contributed by atoms with van der Waals surface area (Å²) in [6.45, 7) is 0. The fraction of sp³-hybridized carbons (Fsp3) is 0.143. The average molecular weight is 280 g/mol. The third-order valence-electron chi connectivity index (χ3n) is 1.53. The first-order valence-corrected chi connectivity index (χ1v) is 5.98. The van der Waals surface area contributed by atoms with Gasteiger partial charge in [0.05, 0.1) is 11.4 Å². The standard InChI is InChI=1S/C7H10BrN3O2S/c1-10-14(12,13)11-7-3-2-5(8)4-6(7)9/h2-4,10-11H,9H2,1H3. The summed E-state index contributed by atoms with van der Waals surface area (Å²) in [6.07, 6.45) is 0. The summed E-state index contributed by atoms with van der Waals surface area (Å²) in [5, 5.41) is 0. The number of nitrogen functional groups attached to an aromatic ring is 1. The van der Waals surface area contributed by atoms with Gasteiger partial charge in [0, 0.05) is 11.5 Å². The van der Waals surface area contributed by atoms with Gasteiger partial charge in [-0.2, -0.15) is 8.42 Å². The van der Waals surface area contributed by atoms with Crippen molar-refractivity contribution in [2.45, 2.75) is 0 Å². The number of halogens is 1. The van der Waals surface area contributed by atoms with Crippen molar-refractivity contribution < 1.29 is 8.42 Å². The minimum absolute atomic E-state index is 0.350. The number of anilines is 2. The smallest absolute Gasteiger partial charge is 0.298 e. The van der Waals surface area contributed by atoms with Crippen molar-refractivity contribution in [1.82, 2.24) is 4.72 Å². The predicted molar refractivity (Wildman–Crippen MR) is 60.2 cm³/mol. The van der Waals surface area contributed by atoms with Crippen molar-refractivity contribution >= 4 is 37.5 Å². The molecule has 0 aliphatic heterocycles. The van der Waals surface area contributed by atoms with E-state index in [0.717, 1.165) is 4.47 Å². The van der Waals surface area contributed by atoms with E-state index in [4.69, 9.17) is 5.73 Å². The maximum absolute atomic E-state index is 11.1. The molecule has 1 aromatic rings. The zero-order valence-corrected chi connectivity index (χ0v) is 9.81. The first-order valence-electron chi connectivity index (χ1n) is 3.71. The van der Waals surface area contributed by atoms with Crippen molar-refractivity contribution in [2.75, 3.05) is 17.5 Å². The van der Waals surface area contributed by atoms with Gasteiger partial charge in [0.2, 0.25) is 0 Å². The van der Waals surface area contributed by atoms with Crippen molar-refractivity contribution in [3.8, 4) is 0 Å². The van der Waals surface area contributed by atoms with E-state index in [1.54, 1.807) is 18.2 Å². The number of hydrogen-bond donors (Lipinski definition) is 3. The van der Waals surface area contributed by atoms with Crippen LogP contribution in [0.5, 0.6) is 0 Å². The Bertz CT molecular complexity index is 433. The van der Waals surface area contributed by atoms with E-state index in [9.17, 15) is 8.42 Å². The lowest BCUT2D eigenvalue weighted by Gasteiger charge is -2.08. The van der Waals surface area contributed by atoms with Gasteiger partial charge in [-0.3, -0.25) is 4.72 Å². The molecule has 0 saturated carbocycles. The first-order chi connectivity index (χ1) is 6.44. The van der Waals surface area contributed by atoms with Crippen LogP contribution in [0.25, 0.3) is 0 Å². The Balaban J connectivity index is 2.99. The highest BCUT2D eigenvalue weighted by molar-refractivity contribution is 9.10. The molecular weight excluding hydrogens is 270 g/mol. The molecule has 4 N–H and O–H groups in total. The highest BCUT2D eigenvalue weighted by atomic mass is 79.9. The topological polar surface area (TPSA) is 84.2 Å². The molecule has 78 valence electrons. The van der Waals surface area contributed by atoms with Crippen LogP contribution >= 0.6 is 15.9 Å². The van der Waals surface area contributed by atoms with Gasteiger partial charge in [-0.25, -0.2) is 4.72 Å². The number of benzene rings is 1. The molecule has 1 rings (SSSR count). The molecular formula is C7H10BrN3O2S. The van der Waals surface area contributed by atoms with Crippen molar-refractivity contribution in [2.24, 2.45) is 0 Å². The van der Waals surface area contributed by atoms with E-state index >= 15 is 0 Å². The SMILES string of the molecule is CNS(=O)(=O)Nc1ccc(Br)cc1N. The molecule has 0 aliphatic rings. The quantitative estimate of drug-likeness (QED) is 0.719. The summed E-state index contributed by atoms with van der Waals surface area (Å²) in [5.74, 6) is 0. The molecule has 0 bridgehead atoms. The van der Waals surface area contributed by atoms with Crippen LogP contribution in [0, 0.1) is 0 Å². The molecule has 0 spiro atoms. The fourth-order valence-electron chi connectivity index (χ4n) is 0.822. The van der Waals surface area contributed by atoms with Crippen LogP contribution in [0.15, 0.2) is 22.7 Å². The predicted octanol–water partition coefficient (Wildman–Crippen LogP) is 0.907. The second-order valence-corrected chi connectivity index (χ2v) is 5.08. The van der Waals surface area contributed by atoms with E-state index in [1.807, 2.05) is 0 Å². The largest absolute Gasteiger partial charge is 0.397 e. The van der Waals surface area contributed by atoms with E-state index in [-0.39, 0.29) is 0 Å². The molecule has 0 radical (unpaired) electrons. The Morgan fingerprint density at radius 1 is 1.43 bits per heavy atom. The number of hydrogen-bond acceptors (Lipinski definition) is 3. The van der Waals surface area contributed by atoms with Gasteiger partial charge in [-0.15, -0.1) is 0 Å². The lowest BCUT2D eigenvalue weighted by atomic mass is 10.3. The van der Waals surface area contributed by atoms with Crippen LogP contribution in [0.1, 0.15) is 0 Å². The summed E-state index contributed by atoms with van der Waals surface area (Å²) in [6, 6.07) is 4.89. The van der Waals surface area contributed by atoms with Crippen molar-refractivity contribution in [3.63, 3.8) is 0 Å². The summed E-state index contributed by atoms with van der Waals surface area (Å²) in [7, 11) is -2.19. The van der Waals surface area contributed by atoms with Crippen LogP contribution in [0.4, 0.5) is 11.4 Å². The molecule has 0 aromatic heterocycles. The molecule has 14 heavy (non-hydrogen) atoms. The molecule has 0 heterocycles. The zero-order valence-electron chi connectivity index (χ0n) is 7.41. The van der Waals surface area contributed by atoms with Gasteiger partial charge in [0.25, 0.3) is 10.2 Å². The number of nitrogens with two attached hydrogens (primary N) is 1. The molecule has 0 unspecified atom stereocenters. The maximum Gasteiger partial charge on any atom is 0.298 e. The number of rotatable bonds is 3. The van der Waals surface area contributed by atoms with Gasteiger partial charge in [0.1, 0.15) is 0 Å². The van der Waals surface area contributed by atoms with Gasteiger partial charge in [-0.1, -0.05) is 15.9 Å². The molecule has 7 heteroatoms. The zero-order chi connectivity index (χ0) is 10.8. The average Bonchev–Trinajstić information content (AvgIpc) is 2.10. The van der Waals surface area contributed by atoms with E-state index in [0.29, 0.717) is 11.4 Å². The second-order valence-electron chi connectivity index (χ2n) is 2.54. The highest BCUT2D eigenvalue weighted by Crippen LogP contribution is 2.23. The molecule has 0 fully saturated rings. The highest BCUT2D eigenvalue weighted by Gasteiger charge is 2.08. The number of nitrogens with one attached hydrogen (secondary N) is 2. The van der Waals surface area contributed by atoms with E-state index < -0.39 is 10.2 Å². The summed E-state index contributed by atoms with van der Waals surface area (Å²) in [4.78, 5) is 0. The Hall–Kier alpha value is -0.790. The van der Waals surface area contributed by atoms with Crippen LogP contribution < -0.4 is 15.2 Å². The Morgan fingerprint density at radius 2 is 2.07 bits per heavy atom. The van der Waals surface area contributed by atoms with Crippen molar-refractivity contribution in [1.29, 1.82) is 0 Å². The van der Waals surface area contributed by atoms with E-state index in [2.05, 4.69) is 25.4 Å². The van der Waals surface area contributed by atoms with Gasteiger partial charge >= 0.3 is 0 Å². The second kappa shape index (κ2) is 4.16. The van der Waals surface area contributed by atoms with Crippen LogP contribution in [0.3, 0.4) is 0 Å². The minimum Gasteiger partial charge on any atom is -0.397 e. The van der Waals surface area contributed by atoms with Crippen LogP contribution in [-0.2, 0) is 10.2 Å². The third-order valence-corrected chi connectivity index (χ3v) is 3.05. The minimum atomic E-state index is -3.50. The monoisotopic (exact) mass is 279 g/mol. The fourth-order valence-corrected chi connectivity index (χ4v) is 1.78. The molecule has 0 atom stereocenters. The lowest BCUT2D eigenvalue weighted by molar-refractivity contribution is 0.593. The van der Waals surface area contributed by atoms with Gasteiger partial charge in [-0.05, 0) is 18.2 Å². The lowest BCUT2D eigenvalue weighted by Crippen LogP contribution is -2.26. The van der Waals surface area contributed by atoms with Crippen LogP contribution in [0.2, 0.25) is 0 Å². The summed E-state index contributed by atoms with van der Waals surface area (Å²) >= 11 is 3.22. The van der Waals surface area contributed by atoms with Crippen molar-refractivity contribution in [3.05, 3.63) is 22.7 Å². The Labute approximate surface area is 91.0 Å². The summed E-state index contributed by atoms with van der Waals surface area (Å²) < 4.78 is 27.4. The molecule has 0 saturated heterocycles. The normalized spacial score (nSPS) is 11.3. The van der Waals surface area contributed by atoms with Crippen LogP contribution in [-0.4, -0.2) is 15.5 Å². The van der Waals surface area contributed by atoms with Gasteiger partial charge < -0.3 is 5.73 Å². The first kappa shape index (κ1) is 11.3.